The summed E-state index contributed by atoms with van der Waals surface area (Å²) in [4.78, 5) is 2.65. The Morgan fingerprint density at radius 3 is 2.57 bits per heavy atom. The summed E-state index contributed by atoms with van der Waals surface area (Å²) in [5, 5.41) is 3.67. The summed E-state index contributed by atoms with van der Waals surface area (Å²) in [5.74, 6) is 0.930. The van der Waals surface area contributed by atoms with E-state index in [-0.39, 0.29) is 0 Å². The molecule has 1 fully saturated rings. The van der Waals surface area contributed by atoms with Crippen LogP contribution in [-0.4, -0.2) is 31.1 Å². The van der Waals surface area contributed by atoms with Gasteiger partial charge in [-0.3, -0.25) is 0 Å². The van der Waals surface area contributed by atoms with E-state index >= 15 is 0 Å². The number of hydrogen-bond acceptors (Lipinski definition) is 2. The molecule has 1 saturated heterocycles. The van der Waals surface area contributed by atoms with Gasteiger partial charge in [0.2, 0.25) is 0 Å². The molecule has 0 radical (unpaired) electrons. The van der Waals surface area contributed by atoms with E-state index < -0.39 is 0 Å². The van der Waals surface area contributed by atoms with E-state index in [4.69, 9.17) is 0 Å². The zero-order valence-electron chi connectivity index (χ0n) is 14.1. The van der Waals surface area contributed by atoms with Crippen molar-refractivity contribution in [3.05, 3.63) is 35.4 Å². The molecular weight excluding hydrogens is 256 g/mol. The van der Waals surface area contributed by atoms with Crippen molar-refractivity contribution in [2.45, 2.75) is 52.5 Å². The van der Waals surface area contributed by atoms with Crippen LogP contribution in [0.25, 0.3) is 0 Å². The molecule has 2 rings (SSSR count). The molecule has 1 aromatic carbocycles. The van der Waals surface area contributed by atoms with Gasteiger partial charge in [0.15, 0.2) is 0 Å². The summed E-state index contributed by atoms with van der Waals surface area (Å²) in [7, 11) is 0. The Balaban J connectivity index is 1.95. The maximum absolute atomic E-state index is 3.67. The van der Waals surface area contributed by atoms with Crippen molar-refractivity contribution >= 4 is 0 Å². The van der Waals surface area contributed by atoms with Gasteiger partial charge in [-0.2, -0.15) is 0 Å². The molecule has 1 aliphatic heterocycles. The third-order valence-corrected chi connectivity index (χ3v) is 4.75. The SMILES string of the molecule is CCCC1CCN(CC(NCC)c2ccc(CC)cc2)C1. The van der Waals surface area contributed by atoms with E-state index in [1.54, 1.807) is 0 Å². The van der Waals surface area contributed by atoms with E-state index in [2.05, 4.69) is 55.3 Å². The predicted octanol–water partition coefficient (Wildman–Crippen LogP) is 4.02. The Labute approximate surface area is 130 Å². The van der Waals surface area contributed by atoms with Crippen LogP contribution in [0.5, 0.6) is 0 Å². The van der Waals surface area contributed by atoms with Gasteiger partial charge in [0.1, 0.15) is 0 Å². The zero-order valence-corrected chi connectivity index (χ0v) is 14.1. The molecule has 118 valence electrons. The normalized spacial score (nSPS) is 20.8. The number of benzene rings is 1. The lowest BCUT2D eigenvalue weighted by atomic mass is 10.0. The van der Waals surface area contributed by atoms with Crippen molar-refractivity contribution in [2.75, 3.05) is 26.2 Å². The molecule has 1 N–H and O–H groups in total. The van der Waals surface area contributed by atoms with Crippen LogP contribution in [0.4, 0.5) is 0 Å². The predicted molar refractivity (Wildman–Crippen MR) is 91.7 cm³/mol. The smallest absolute Gasteiger partial charge is 0.0449 e. The Morgan fingerprint density at radius 2 is 1.95 bits per heavy atom. The van der Waals surface area contributed by atoms with Gasteiger partial charge >= 0.3 is 0 Å². The highest BCUT2D eigenvalue weighted by Gasteiger charge is 2.24. The molecule has 1 aliphatic rings. The van der Waals surface area contributed by atoms with Crippen LogP contribution < -0.4 is 5.32 Å². The van der Waals surface area contributed by atoms with E-state index in [9.17, 15) is 0 Å². The lowest BCUT2D eigenvalue weighted by Gasteiger charge is -2.25. The molecule has 0 bridgehead atoms. The number of nitrogens with zero attached hydrogens (tertiary/aromatic N) is 1. The minimum absolute atomic E-state index is 0.473. The first kappa shape index (κ1) is 16.5. The number of likely N-dealkylation sites (tertiary alicyclic amines) is 1. The first-order valence-electron chi connectivity index (χ1n) is 8.81. The van der Waals surface area contributed by atoms with Crippen molar-refractivity contribution < 1.29 is 0 Å². The standard InChI is InChI=1S/C19H32N2/c1-4-7-17-12-13-21(14-17)15-19(20-6-3)18-10-8-16(5-2)9-11-18/h8-11,17,19-20H,4-7,12-15H2,1-3H3. The summed E-state index contributed by atoms with van der Waals surface area (Å²) < 4.78 is 0. The summed E-state index contributed by atoms with van der Waals surface area (Å²) in [6, 6.07) is 9.66. The molecule has 1 heterocycles. The van der Waals surface area contributed by atoms with Gasteiger partial charge in [0.25, 0.3) is 0 Å². The topological polar surface area (TPSA) is 15.3 Å². The molecule has 0 amide bonds. The highest BCUT2D eigenvalue weighted by molar-refractivity contribution is 5.25. The summed E-state index contributed by atoms with van der Waals surface area (Å²) >= 11 is 0. The lowest BCUT2D eigenvalue weighted by Crippen LogP contribution is -2.34. The monoisotopic (exact) mass is 288 g/mol. The molecule has 0 spiro atoms. The Kier molecular flexibility index (Phi) is 6.72. The largest absolute Gasteiger partial charge is 0.309 e. The molecule has 0 aromatic heterocycles. The fourth-order valence-electron chi connectivity index (χ4n) is 3.50. The average molecular weight is 288 g/mol. The van der Waals surface area contributed by atoms with Crippen LogP contribution in [0.15, 0.2) is 24.3 Å². The second-order valence-corrected chi connectivity index (χ2v) is 6.41. The quantitative estimate of drug-likeness (QED) is 0.777. The number of likely N-dealkylation sites (N-methyl/N-ethyl adjacent to an activating group) is 1. The van der Waals surface area contributed by atoms with E-state index in [1.807, 2.05) is 0 Å². The Bertz CT molecular complexity index is 399. The number of nitrogens with one attached hydrogen (secondary N) is 1. The summed E-state index contributed by atoms with van der Waals surface area (Å²) in [6.07, 6.45) is 5.24. The van der Waals surface area contributed by atoms with Crippen LogP contribution >= 0.6 is 0 Å². The molecule has 1 aromatic rings. The second-order valence-electron chi connectivity index (χ2n) is 6.41. The maximum atomic E-state index is 3.67. The molecule has 0 saturated carbocycles. The lowest BCUT2D eigenvalue weighted by molar-refractivity contribution is 0.281. The van der Waals surface area contributed by atoms with Gasteiger partial charge in [0, 0.05) is 19.1 Å². The summed E-state index contributed by atoms with van der Waals surface area (Å²) in [5.41, 5.74) is 2.87. The van der Waals surface area contributed by atoms with Crippen LogP contribution in [0.2, 0.25) is 0 Å². The van der Waals surface area contributed by atoms with E-state index in [0.717, 1.165) is 25.4 Å². The molecule has 2 nitrogen and oxygen atoms in total. The number of hydrogen-bond donors (Lipinski definition) is 1. The molecule has 2 atom stereocenters. The van der Waals surface area contributed by atoms with Gasteiger partial charge < -0.3 is 10.2 Å². The van der Waals surface area contributed by atoms with Crippen molar-refractivity contribution in [3.63, 3.8) is 0 Å². The minimum Gasteiger partial charge on any atom is -0.309 e. The van der Waals surface area contributed by atoms with Gasteiger partial charge in [-0.15, -0.1) is 0 Å². The fourth-order valence-corrected chi connectivity index (χ4v) is 3.50. The van der Waals surface area contributed by atoms with E-state index in [0.29, 0.717) is 6.04 Å². The van der Waals surface area contributed by atoms with Gasteiger partial charge in [-0.25, -0.2) is 0 Å². The minimum atomic E-state index is 0.473. The molecule has 2 unspecified atom stereocenters. The molecule has 21 heavy (non-hydrogen) atoms. The number of rotatable bonds is 8. The van der Waals surface area contributed by atoms with Crippen molar-refractivity contribution in [2.24, 2.45) is 5.92 Å². The van der Waals surface area contributed by atoms with Crippen molar-refractivity contribution in [3.8, 4) is 0 Å². The second kappa shape index (κ2) is 8.55. The maximum Gasteiger partial charge on any atom is 0.0449 e. The number of aryl methyl sites for hydroxylation is 1. The third-order valence-electron chi connectivity index (χ3n) is 4.75. The van der Waals surface area contributed by atoms with Crippen molar-refractivity contribution in [1.82, 2.24) is 10.2 Å². The molecule has 0 aliphatic carbocycles. The van der Waals surface area contributed by atoms with Crippen LogP contribution in [0, 0.1) is 5.92 Å². The van der Waals surface area contributed by atoms with Gasteiger partial charge in [0.05, 0.1) is 0 Å². The molecular formula is C19H32N2. The van der Waals surface area contributed by atoms with Crippen LogP contribution in [-0.2, 0) is 6.42 Å². The van der Waals surface area contributed by atoms with Crippen molar-refractivity contribution in [1.29, 1.82) is 0 Å². The van der Waals surface area contributed by atoms with Crippen LogP contribution in [0.3, 0.4) is 0 Å². The first-order chi connectivity index (χ1) is 10.3. The Hall–Kier alpha value is -0.860. The summed E-state index contributed by atoms with van der Waals surface area (Å²) in [6.45, 7) is 11.5. The fraction of sp³-hybridized carbons (Fsp3) is 0.684. The Morgan fingerprint density at radius 1 is 1.19 bits per heavy atom. The highest BCUT2D eigenvalue weighted by atomic mass is 15.2. The first-order valence-corrected chi connectivity index (χ1v) is 8.81. The van der Waals surface area contributed by atoms with Crippen LogP contribution in [0.1, 0.15) is 57.2 Å². The van der Waals surface area contributed by atoms with Gasteiger partial charge in [-0.1, -0.05) is 51.5 Å². The molecule has 2 heteroatoms. The average Bonchev–Trinajstić information content (AvgIpc) is 2.95. The van der Waals surface area contributed by atoms with Gasteiger partial charge in [-0.05, 0) is 49.4 Å². The van der Waals surface area contributed by atoms with E-state index in [1.165, 1.54) is 43.5 Å². The highest BCUT2D eigenvalue weighted by Crippen LogP contribution is 2.24. The third kappa shape index (κ3) is 4.82. The zero-order chi connectivity index (χ0) is 15.1.